The molecule has 5 nitrogen and oxygen atoms in total. The van der Waals surface area contributed by atoms with Gasteiger partial charge in [-0.15, -0.1) is 0 Å². The Morgan fingerprint density at radius 2 is 2.09 bits per heavy atom. The van der Waals surface area contributed by atoms with Gasteiger partial charge in [0, 0.05) is 18.2 Å². The highest BCUT2D eigenvalue weighted by atomic mass is 16.5. The van der Waals surface area contributed by atoms with Crippen LogP contribution in [0.2, 0.25) is 0 Å². The maximum Gasteiger partial charge on any atom is 0.191 e. The van der Waals surface area contributed by atoms with Gasteiger partial charge in [0.25, 0.3) is 0 Å². The number of ether oxygens (including phenoxy) is 1. The fraction of sp³-hybridized carbons (Fsp3) is 0.611. The number of aliphatic imine (C=N–C) groups is 1. The lowest BCUT2D eigenvalue weighted by Crippen LogP contribution is -2.42. The van der Waals surface area contributed by atoms with Crippen molar-refractivity contribution in [1.29, 1.82) is 0 Å². The number of hydrogen-bond acceptors (Lipinski definition) is 3. The molecule has 0 amide bonds. The van der Waals surface area contributed by atoms with E-state index in [9.17, 15) is 5.11 Å². The van der Waals surface area contributed by atoms with Crippen LogP contribution in [0.1, 0.15) is 52.0 Å². The second-order valence-corrected chi connectivity index (χ2v) is 5.73. The van der Waals surface area contributed by atoms with Gasteiger partial charge < -0.3 is 20.5 Å². The first-order valence-corrected chi connectivity index (χ1v) is 8.51. The number of rotatable bonds is 9. The molecule has 1 unspecified atom stereocenters. The van der Waals surface area contributed by atoms with Crippen LogP contribution in [0.4, 0.5) is 0 Å². The minimum atomic E-state index is 0.237. The number of phenols is 1. The molecule has 5 heteroatoms. The number of nitrogens with one attached hydrogen (secondary N) is 2. The Labute approximate surface area is 140 Å². The molecule has 0 heterocycles. The zero-order chi connectivity index (χ0) is 17.1. The van der Waals surface area contributed by atoms with Crippen LogP contribution in [-0.2, 0) is 6.54 Å². The first-order valence-electron chi connectivity index (χ1n) is 8.51. The van der Waals surface area contributed by atoms with E-state index < -0.39 is 0 Å². The molecule has 0 aromatic heterocycles. The molecule has 0 saturated carbocycles. The predicted molar refractivity (Wildman–Crippen MR) is 96.2 cm³/mol. The Balaban J connectivity index is 2.67. The van der Waals surface area contributed by atoms with Crippen molar-refractivity contribution in [2.45, 2.75) is 59.0 Å². The summed E-state index contributed by atoms with van der Waals surface area (Å²) in [6, 6.07) is 5.56. The molecule has 130 valence electrons. The molecule has 0 bridgehead atoms. The number of methoxy groups -OCH3 is 1. The summed E-state index contributed by atoms with van der Waals surface area (Å²) in [5.74, 6) is 1.74. The largest absolute Gasteiger partial charge is 0.508 e. The van der Waals surface area contributed by atoms with Crippen LogP contribution in [-0.4, -0.2) is 30.8 Å². The van der Waals surface area contributed by atoms with Crippen LogP contribution in [0.15, 0.2) is 23.2 Å². The first kappa shape index (κ1) is 19.1. The molecule has 3 N–H and O–H groups in total. The van der Waals surface area contributed by atoms with Crippen LogP contribution in [0, 0.1) is 0 Å². The van der Waals surface area contributed by atoms with Gasteiger partial charge in [0.2, 0.25) is 0 Å². The minimum absolute atomic E-state index is 0.237. The summed E-state index contributed by atoms with van der Waals surface area (Å²) in [6.45, 7) is 7.63. The van der Waals surface area contributed by atoms with Crippen molar-refractivity contribution in [2.75, 3.05) is 13.7 Å². The van der Waals surface area contributed by atoms with Gasteiger partial charge in [-0.3, -0.25) is 0 Å². The lowest BCUT2D eigenvalue weighted by atomic mass is 10.1. The number of aromatic hydroxyl groups is 1. The Morgan fingerprint density at radius 1 is 1.30 bits per heavy atom. The highest BCUT2D eigenvalue weighted by Gasteiger charge is 2.07. The van der Waals surface area contributed by atoms with E-state index in [0.717, 1.165) is 30.2 Å². The van der Waals surface area contributed by atoms with Gasteiger partial charge in [-0.25, -0.2) is 4.99 Å². The lowest BCUT2D eigenvalue weighted by molar-refractivity contribution is 0.411. The van der Waals surface area contributed by atoms with Crippen LogP contribution in [0.5, 0.6) is 11.5 Å². The van der Waals surface area contributed by atoms with E-state index in [0.29, 0.717) is 12.6 Å². The molecule has 0 spiro atoms. The maximum atomic E-state index is 9.93. The molecule has 23 heavy (non-hydrogen) atoms. The SMILES string of the molecule is CCCCCC(C)NC(=NCc1cc(OC)ccc1O)NCC. The molecule has 1 aromatic carbocycles. The van der Waals surface area contributed by atoms with Crippen LogP contribution in [0.25, 0.3) is 0 Å². The van der Waals surface area contributed by atoms with Gasteiger partial charge in [0.1, 0.15) is 11.5 Å². The number of phenolic OH excluding ortho intramolecular Hbond substituents is 1. The van der Waals surface area contributed by atoms with Gasteiger partial charge in [0.15, 0.2) is 5.96 Å². The second kappa shape index (κ2) is 10.8. The van der Waals surface area contributed by atoms with Gasteiger partial charge in [-0.05, 0) is 38.5 Å². The lowest BCUT2D eigenvalue weighted by Gasteiger charge is -2.18. The third-order valence-electron chi connectivity index (χ3n) is 3.66. The van der Waals surface area contributed by atoms with Crippen molar-refractivity contribution in [3.63, 3.8) is 0 Å². The molecule has 1 rings (SSSR count). The van der Waals surface area contributed by atoms with Crippen LogP contribution >= 0.6 is 0 Å². The monoisotopic (exact) mass is 321 g/mol. The van der Waals surface area contributed by atoms with E-state index in [1.54, 1.807) is 19.2 Å². The van der Waals surface area contributed by atoms with Gasteiger partial charge in [-0.1, -0.05) is 26.2 Å². The Bertz CT molecular complexity index is 489. The van der Waals surface area contributed by atoms with Gasteiger partial charge in [0.05, 0.1) is 13.7 Å². The number of unbranched alkanes of at least 4 members (excludes halogenated alkanes) is 2. The van der Waals surface area contributed by atoms with E-state index in [-0.39, 0.29) is 5.75 Å². The quantitative estimate of drug-likeness (QED) is 0.370. The van der Waals surface area contributed by atoms with E-state index >= 15 is 0 Å². The molecule has 0 aliphatic carbocycles. The smallest absolute Gasteiger partial charge is 0.191 e. The zero-order valence-electron chi connectivity index (χ0n) is 14.9. The van der Waals surface area contributed by atoms with Crippen molar-refractivity contribution in [2.24, 2.45) is 4.99 Å². The molecule has 0 fully saturated rings. The fourth-order valence-corrected chi connectivity index (χ4v) is 2.31. The number of benzene rings is 1. The normalized spacial score (nSPS) is 12.8. The first-order chi connectivity index (χ1) is 11.1. The summed E-state index contributed by atoms with van der Waals surface area (Å²) in [7, 11) is 1.61. The molecule has 0 saturated heterocycles. The zero-order valence-corrected chi connectivity index (χ0v) is 14.9. The van der Waals surface area contributed by atoms with Gasteiger partial charge >= 0.3 is 0 Å². The van der Waals surface area contributed by atoms with E-state index in [1.165, 1.54) is 19.3 Å². The van der Waals surface area contributed by atoms with Crippen LogP contribution < -0.4 is 15.4 Å². The number of guanidine groups is 1. The standard InChI is InChI=1S/C18H31N3O2/c1-5-7-8-9-14(3)21-18(19-6-2)20-13-15-12-16(23-4)10-11-17(15)22/h10-12,14,22H,5-9,13H2,1-4H3,(H2,19,20,21). The number of nitrogens with zero attached hydrogens (tertiary/aromatic N) is 1. The van der Waals surface area contributed by atoms with Gasteiger partial charge in [-0.2, -0.15) is 0 Å². The van der Waals surface area contributed by atoms with E-state index in [1.807, 2.05) is 13.0 Å². The maximum absolute atomic E-state index is 9.93. The minimum Gasteiger partial charge on any atom is -0.508 e. The highest BCUT2D eigenvalue weighted by molar-refractivity contribution is 5.80. The average molecular weight is 321 g/mol. The summed E-state index contributed by atoms with van der Waals surface area (Å²) in [4.78, 5) is 4.57. The topological polar surface area (TPSA) is 65.9 Å². The predicted octanol–water partition coefficient (Wildman–Crippen LogP) is 3.42. The fourth-order valence-electron chi connectivity index (χ4n) is 2.31. The molecular weight excluding hydrogens is 290 g/mol. The van der Waals surface area contributed by atoms with Crippen molar-refractivity contribution < 1.29 is 9.84 Å². The second-order valence-electron chi connectivity index (χ2n) is 5.73. The molecule has 1 atom stereocenters. The summed E-state index contributed by atoms with van der Waals surface area (Å²) in [5, 5.41) is 16.6. The summed E-state index contributed by atoms with van der Waals surface area (Å²) < 4.78 is 5.19. The molecule has 0 aliphatic heterocycles. The third kappa shape index (κ3) is 7.26. The summed E-state index contributed by atoms with van der Waals surface area (Å²) >= 11 is 0. The molecule has 0 aliphatic rings. The van der Waals surface area contributed by atoms with E-state index in [4.69, 9.17) is 4.74 Å². The summed E-state index contributed by atoms with van der Waals surface area (Å²) in [5.41, 5.74) is 0.750. The third-order valence-corrected chi connectivity index (χ3v) is 3.66. The molecular formula is C18H31N3O2. The molecule has 0 radical (unpaired) electrons. The van der Waals surface area contributed by atoms with Crippen molar-refractivity contribution >= 4 is 5.96 Å². The number of hydrogen-bond donors (Lipinski definition) is 3. The Kier molecular flexibility index (Phi) is 8.95. The van der Waals surface area contributed by atoms with Crippen molar-refractivity contribution in [1.82, 2.24) is 10.6 Å². The summed E-state index contributed by atoms with van der Waals surface area (Å²) in [6.07, 6.45) is 4.84. The van der Waals surface area contributed by atoms with Crippen molar-refractivity contribution in [3.8, 4) is 11.5 Å². The van der Waals surface area contributed by atoms with Crippen LogP contribution in [0.3, 0.4) is 0 Å². The van der Waals surface area contributed by atoms with E-state index in [2.05, 4.69) is 29.5 Å². The Morgan fingerprint density at radius 3 is 2.74 bits per heavy atom. The van der Waals surface area contributed by atoms with Crippen molar-refractivity contribution in [3.05, 3.63) is 23.8 Å². The molecule has 1 aromatic rings. The highest BCUT2D eigenvalue weighted by Crippen LogP contribution is 2.23. The average Bonchev–Trinajstić information content (AvgIpc) is 2.54. The Hall–Kier alpha value is -1.91.